The summed E-state index contributed by atoms with van der Waals surface area (Å²) in [5.74, 6) is 0. The maximum Gasteiger partial charge on any atom is 0.322 e. The Kier molecular flexibility index (Phi) is 6.42. The van der Waals surface area contributed by atoms with E-state index in [1.54, 1.807) is 23.1 Å². The summed E-state index contributed by atoms with van der Waals surface area (Å²) < 4.78 is 0. The summed E-state index contributed by atoms with van der Waals surface area (Å²) in [5.41, 5.74) is 0.553. The van der Waals surface area contributed by atoms with Gasteiger partial charge in [-0.15, -0.1) is 0 Å². The maximum absolute atomic E-state index is 12.1. The number of benzene rings is 1. The number of carbonyl (C=O) groups is 1. The third kappa shape index (κ3) is 5.27. The Morgan fingerprint density at radius 1 is 1.32 bits per heavy atom. The summed E-state index contributed by atoms with van der Waals surface area (Å²) in [6.07, 6.45) is 0.544. The van der Waals surface area contributed by atoms with E-state index in [2.05, 4.69) is 5.32 Å². The molecule has 1 aromatic carbocycles. The average molecular weight is 305 g/mol. The van der Waals surface area contributed by atoms with E-state index >= 15 is 0 Å². The second-order valence-electron chi connectivity index (χ2n) is 4.45. The van der Waals surface area contributed by atoms with Crippen LogP contribution in [0.1, 0.15) is 20.3 Å². The zero-order valence-corrected chi connectivity index (χ0v) is 12.5. The van der Waals surface area contributed by atoms with Gasteiger partial charge in [0, 0.05) is 34.9 Å². The highest BCUT2D eigenvalue weighted by Gasteiger charge is 2.16. The van der Waals surface area contributed by atoms with Gasteiger partial charge in [0.05, 0.1) is 0 Å². The average Bonchev–Trinajstić information content (AvgIpc) is 2.27. The predicted molar refractivity (Wildman–Crippen MR) is 79.0 cm³/mol. The first-order chi connectivity index (χ1) is 8.93. The summed E-state index contributed by atoms with van der Waals surface area (Å²) in [5, 5.41) is 12.5. The first kappa shape index (κ1) is 16.1. The first-order valence-electron chi connectivity index (χ1n) is 6.08. The quantitative estimate of drug-likeness (QED) is 0.873. The number of hydrogen-bond donors (Lipinski definition) is 2. The molecule has 0 aromatic heterocycles. The fraction of sp³-hybridized carbons (Fsp3) is 0.462. The Bertz CT molecular complexity index is 418. The Morgan fingerprint density at radius 3 is 2.37 bits per heavy atom. The van der Waals surface area contributed by atoms with Crippen molar-refractivity contribution in [3.8, 4) is 0 Å². The van der Waals surface area contributed by atoms with Crippen LogP contribution in [0.4, 0.5) is 10.5 Å². The van der Waals surface area contributed by atoms with Crippen molar-refractivity contribution in [1.29, 1.82) is 0 Å². The molecule has 0 fully saturated rings. The number of carbonyl (C=O) groups excluding carboxylic acids is 1. The van der Waals surface area contributed by atoms with E-state index in [9.17, 15) is 4.79 Å². The molecule has 1 rings (SSSR count). The lowest BCUT2D eigenvalue weighted by Gasteiger charge is -2.26. The highest BCUT2D eigenvalue weighted by Crippen LogP contribution is 2.22. The lowest BCUT2D eigenvalue weighted by atomic mass is 10.3. The monoisotopic (exact) mass is 304 g/mol. The highest BCUT2D eigenvalue weighted by molar-refractivity contribution is 6.35. The number of rotatable bonds is 5. The molecule has 4 nitrogen and oxygen atoms in total. The van der Waals surface area contributed by atoms with Crippen LogP contribution >= 0.6 is 23.2 Å². The molecule has 0 saturated heterocycles. The molecule has 6 heteroatoms. The van der Waals surface area contributed by atoms with Crippen LogP contribution in [-0.2, 0) is 0 Å². The molecule has 0 bridgehead atoms. The summed E-state index contributed by atoms with van der Waals surface area (Å²) in [6, 6.07) is 4.68. The number of nitrogens with one attached hydrogen (secondary N) is 1. The van der Waals surface area contributed by atoms with Gasteiger partial charge < -0.3 is 15.3 Å². The number of aliphatic hydroxyl groups excluding tert-OH is 1. The molecule has 1 aromatic rings. The second-order valence-corrected chi connectivity index (χ2v) is 5.33. The van der Waals surface area contributed by atoms with Crippen LogP contribution in [0.2, 0.25) is 10.0 Å². The number of aliphatic hydroxyl groups is 1. The molecule has 0 unspecified atom stereocenters. The minimum atomic E-state index is -0.234. The zero-order chi connectivity index (χ0) is 14.4. The summed E-state index contributed by atoms with van der Waals surface area (Å²) in [4.78, 5) is 13.8. The predicted octanol–water partition coefficient (Wildman–Crippen LogP) is 3.62. The van der Waals surface area contributed by atoms with E-state index in [4.69, 9.17) is 28.3 Å². The highest BCUT2D eigenvalue weighted by atomic mass is 35.5. The molecule has 0 aliphatic heterocycles. The van der Waals surface area contributed by atoms with E-state index in [1.807, 2.05) is 13.8 Å². The van der Waals surface area contributed by atoms with Gasteiger partial charge in [-0.05, 0) is 38.5 Å². The van der Waals surface area contributed by atoms with Gasteiger partial charge in [0.1, 0.15) is 0 Å². The van der Waals surface area contributed by atoms with E-state index in [1.165, 1.54) is 0 Å². The van der Waals surface area contributed by atoms with Gasteiger partial charge in [-0.2, -0.15) is 0 Å². The largest absolute Gasteiger partial charge is 0.396 e. The molecule has 2 amide bonds. The zero-order valence-electron chi connectivity index (χ0n) is 11.0. The van der Waals surface area contributed by atoms with Crippen molar-refractivity contribution >= 4 is 34.9 Å². The molecule has 106 valence electrons. The van der Waals surface area contributed by atoms with Crippen molar-refractivity contribution in [3.63, 3.8) is 0 Å². The Hall–Kier alpha value is -0.970. The lowest BCUT2D eigenvalue weighted by molar-refractivity contribution is 0.186. The van der Waals surface area contributed by atoms with Crippen molar-refractivity contribution in [2.45, 2.75) is 26.3 Å². The Balaban J connectivity index is 2.75. The van der Waals surface area contributed by atoms with Gasteiger partial charge in [0.15, 0.2) is 0 Å². The minimum absolute atomic E-state index is 0.0428. The Morgan fingerprint density at radius 2 is 1.89 bits per heavy atom. The molecule has 0 heterocycles. The van der Waals surface area contributed by atoms with Gasteiger partial charge in [-0.25, -0.2) is 4.79 Å². The molecule has 0 aliphatic rings. The molecule has 2 N–H and O–H groups in total. The smallest absolute Gasteiger partial charge is 0.322 e. The number of hydrogen-bond acceptors (Lipinski definition) is 2. The maximum atomic E-state index is 12.1. The van der Waals surface area contributed by atoms with Gasteiger partial charge in [0.2, 0.25) is 0 Å². The molecule has 19 heavy (non-hydrogen) atoms. The molecule has 0 atom stereocenters. The number of nitrogens with zero attached hydrogens (tertiary/aromatic N) is 1. The molecular formula is C13H18Cl2N2O2. The van der Waals surface area contributed by atoms with E-state index in [0.717, 1.165) is 0 Å². The number of anilines is 1. The third-order valence-electron chi connectivity index (χ3n) is 2.56. The summed E-state index contributed by atoms with van der Waals surface area (Å²) in [6.45, 7) is 4.39. The fourth-order valence-electron chi connectivity index (χ4n) is 1.66. The van der Waals surface area contributed by atoms with Gasteiger partial charge in [-0.1, -0.05) is 23.2 Å². The minimum Gasteiger partial charge on any atom is -0.396 e. The van der Waals surface area contributed by atoms with Gasteiger partial charge in [0.25, 0.3) is 0 Å². The van der Waals surface area contributed by atoms with Gasteiger partial charge in [-0.3, -0.25) is 0 Å². The fourth-order valence-corrected chi connectivity index (χ4v) is 2.18. The van der Waals surface area contributed by atoms with Crippen LogP contribution in [0.25, 0.3) is 0 Å². The number of halogens is 2. The molecule has 0 radical (unpaired) electrons. The van der Waals surface area contributed by atoms with Crippen molar-refractivity contribution in [2.24, 2.45) is 0 Å². The van der Waals surface area contributed by atoms with Crippen molar-refractivity contribution in [2.75, 3.05) is 18.5 Å². The molecule has 0 aliphatic carbocycles. The van der Waals surface area contributed by atoms with Gasteiger partial charge >= 0.3 is 6.03 Å². The van der Waals surface area contributed by atoms with Crippen molar-refractivity contribution in [3.05, 3.63) is 28.2 Å². The van der Waals surface area contributed by atoms with Crippen LogP contribution in [-0.4, -0.2) is 35.2 Å². The normalized spacial score (nSPS) is 10.6. The topological polar surface area (TPSA) is 52.6 Å². The number of urea groups is 1. The first-order valence-corrected chi connectivity index (χ1v) is 6.84. The summed E-state index contributed by atoms with van der Waals surface area (Å²) in [7, 11) is 0. The second kappa shape index (κ2) is 7.58. The SMILES string of the molecule is CC(C)N(CCCO)C(=O)Nc1cc(Cl)cc(Cl)c1. The molecule has 0 saturated carbocycles. The van der Waals surface area contributed by atoms with Crippen molar-refractivity contribution in [1.82, 2.24) is 4.90 Å². The van der Waals surface area contributed by atoms with E-state index in [-0.39, 0.29) is 18.7 Å². The Labute approximate surface area is 123 Å². The number of amides is 2. The third-order valence-corrected chi connectivity index (χ3v) is 2.99. The van der Waals surface area contributed by atoms with E-state index < -0.39 is 0 Å². The van der Waals surface area contributed by atoms with Crippen LogP contribution in [0.15, 0.2) is 18.2 Å². The summed E-state index contributed by atoms with van der Waals surface area (Å²) >= 11 is 11.8. The standard InChI is InChI=1S/C13H18Cl2N2O2/c1-9(2)17(4-3-5-18)13(19)16-12-7-10(14)6-11(15)8-12/h6-9,18H,3-5H2,1-2H3,(H,16,19). The molecular weight excluding hydrogens is 287 g/mol. The van der Waals surface area contributed by atoms with Crippen LogP contribution in [0.5, 0.6) is 0 Å². The van der Waals surface area contributed by atoms with Crippen LogP contribution < -0.4 is 5.32 Å². The van der Waals surface area contributed by atoms with Crippen molar-refractivity contribution < 1.29 is 9.90 Å². The lowest BCUT2D eigenvalue weighted by Crippen LogP contribution is -2.40. The van der Waals surface area contributed by atoms with Crippen LogP contribution in [0, 0.1) is 0 Å². The van der Waals surface area contributed by atoms with E-state index in [0.29, 0.717) is 28.7 Å². The molecule has 0 spiro atoms. The van der Waals surface area contributed by atoms with Crippen LogP contribution in [0.3, 0.4) is 0 Å².